The minimum absolute atomic E-state index is 0.0521. The molecule has 7 heteroatoms. The first-order valence-corrected chi connectivity index (χ1v) is 11.6. The van der Waals surface area contributed by atoms with Crippen molar-refractivity contribution in [2.75, 3.05) is 20.8 Å². The van der Waals surface area contributed by atoms with Gasteiger partial charge in [-0.15, -0.1) is 0 Å². The summed E-state index contributed by atoms with van der Waals surface area (Å²) in [5.74, 6) is -0.302. The number of H-pyrrole nitrogens is 1. The molecule has 0 saturated carbocycles. The van der Waals surface area contributed by atoms with Crippen LogP contribution in [0.2, 0.25) is 0 Å². The van der Waals surface area contributed by atoms with Crippen LogP contribution in [0.4, 0.5) is 0 Å². The molecule has 36 heavy (non-hydrogen) atoms. The number of rotatable bonds is 7. The lowest BCUT2D eigenvalue weighted by molar-refractivity contribution is -0.139. The molecule has 1 aliphatic rings. The topological polar surface area (TPSA) is 91.9 Å². The highest BCUT2D eigenvalue weighted by atomic mass is 16.5. The molecule has 3 aromatic carbocycles. The van der Waals surface area contributed by atoms with Crippen molar-refractivity contribution in [1.29, 1.82) is 0 Å². The summed E-state index contributed by atoms with van der Waals surface area (Å²) in [5, 5.41) is 12.2. The van der Waals surface area contributed by atoms with E-state index < -0.39 is 17.7 Å². The van der Waals surface area contributed by atoms with Crippen molar-refractivity contribution in [2.24, 2.45) is 0 Å². The number of aromatic nitrogens is 1. The van der Waals surface area contributed by atoms with Crippen LogP contribution < -0.4 is 9.47 Å². The fourth-order valence-electron chi connectivity index (χ4n) is 4.81. The highest BCUT2D eigenvalue weighted by Crippen LogP contribution is 2.42. The Balaban J connectivity index is 1.58. The van der Waals surface area contributed by atoms with Gasteiger partial charge >= 0.3 is 0 Å². The second-order valence-corrected chi connectivity index (χ2v) is 8.58. The van der Waals surface area contributed by atoms with E-state index in [1.54, 1.807) is 44.6 Å². The number of hydrogen-bond acceptors (Lipinski definition) is 5. The van der Waals surface area contributed by atoms with E-state index in [-0.39, 0.29) is 17.9 Å². The average molecular weight is 483 g/mol. The number of carbonyl (C=O) groups is 2. The molecule has 1 aliphatic heterocycles. The quantitative estimate of drug-likeness (QED) is 0.223. The highest BCUT2D eigenvalue weighted by molar-refractivity contribution is 6.46. The number of carbonyl (C=O) groups excluding carboxylic acids is 2. The second-order valence-electron chi connectivity index (χ2n) is 8.58. The SMILES string of the molecule is COc1ccc2[nH]cc(CCN3C(=O)C(=O)C(=C(O)c4ccccc4)[C@@H]3c3ccccc3OC)c2c1. The molecule has 2 heterocycles. The number of fused-ring (bicyclic) bond motifs is 1. The van der Waals surface area contributed by atoms with Crippen molar-refractivity contribution in [3.05, 3.63) is 101 Å². The number of likely N-dealkylation sites (tertiary alicyclic amines) is 1. The number of nitrogens with one attached hydrogen (secondary N) is 1. The molecule has 0 bridgehead atoms. The summed E-state index contributed by atoms with van der Waals surface area (Å²) in [6.07, 6.45) is 2.40. The monoisotopic (exact) mass is 482 g/mol. The summed E-state index contributed by atoms with van der Waals surface area (Å²) in [6, 6.07) is 21.0. The Morgan fingerprint density at radius 2 is 1.72 bits per heavy atom. The second kappa shape index (κ2) is 9.62. The van der Waals surface area contributed by atoms with Crippen LogP contribution in [-0.2, 0) is 16.0 Å². The van der Waals surface area contributed by atoms with E-state index in [0.29, 0.717) is 23.3 Å². The molecule has 1 saturated heterocycles. The zero-order valence-electron chi connectivity index (χ0n) is 20.0. The van der Waals surface area contributed by atoms with E-state index in [1.807, 2.05) is 48.7 Å². The Bertz CT molecular complexity index is 1470. The number of Topliss-reactive ketones (excluding diaryl/α,β-unsaturated/α-hetero) is 1. The average Bonchev–Trinajstić information content (AvgIpc) is 3.44. The predicted molar refractivity (Wildman–Crippen MR) is 137 cm³/mol. The number of amides is 1. The van der Waals surface area contributed by atoms with E-state index in [0.717, 1.165) is 22.2 Å². The van der Waals surface area contributed by atoms with Crippen LogP contribution in [0.15, 0.2) is 84.6 Å². The molecule has 1 aromatic heterocycles. The molecule has 1 fully saturated rings. The Morgan fingerprint density at radius 3 is 2.47 bits per heavy atom. The minimum atomic E-state index is -0.791. The largest absolute Gasteiger partial charge is 0.507 e. The molecule has 1 amide bonds. The van der Waals surface area contributed by atoms with E-state index >= 15 is 0 Å². The van der Waals surface area contributed by atoms with Gasteiger partial charge in [0.1, 0.15) is 17.3 Å². The first-order valence-electron chi connectivity index (χ1n) is 11.6. The number of ketones is 1. The first-order chi connectivity index (χ1) is 17.5. The van der Waals surface area contributed by atoms with Gasteiger partial charge in [-0.3, -0.25) is 9.59 Å². The summed E-state index contributed by atoms with van der Waals surface area (Å²) in [6.45, 7) is 0.267. The molecule has 7 nitrogen and oxygen atoms in total. The van der Waals surface area contributed by atoms with Gasteiger partial charge in [-0.25, -0.2) is 0 Å². The number of aromatic amines is 1. The van der Waals surface area contributed by atoms with Crippen LogP contribution in [0.25, 0.3) is 16.7 Å². The third-order valence-corrected chi connectivity index (χ3v) is 6.62. The third kappa shape index (κ3) is 3.98. The maximum absolute atomic E-state index is 13.3. The molecule has 182 valence electrons. The number of nitrogens with zero attached hydrogens (tertiary/aromatic N) is 1. The summed E-state index contributed by atoms with van der Waals surface area (Å²) < 4.78 is 10.9. The van der Waals surface area contributed by atoms with Gasteiger partial charge in [0.2, 0.25) is 0 Å². The molecular formula is C29H26N2O5. The van der Waals surface area contributed by atoms with Gasteiger partial charge in [-0.2, -0.15) is 0 Å². The zero-order chi connectivity index (χ0) is 25.2. The Hall–Kier alpha value is -4.52. The number of ether oxygens (including phenoxy) is 2. The van der Waals surface area contributed by atoms with Gasteiger partial charge < -0.3 is 24.5 Å². The van der Waals surface area contributed by atoms with E-state index in [1.165, 1.54) is 4.90 Å². The molecule has 4 aromatic rings. The zero-order valence-corrected chi connectivity index (χ0v) is 20.0. The lowest BCUT2D eigenvalue weighted by Gasteiger charge is -2.26. The maximum atomic E-state index is 13.3. The van der Waals surface area contributed by atoms with Gasteiger partial charge in [0.25, 0.3) is 11.7 Å². The van der Waals surface area contributed by atoms with Crippen molar-refractivity contribution in [3.63, 3.8) is 0 Å². The number of hydrogen-bond donors (Lipinski definition) is 2. The maximum Gasteiger partial charge on any atom is 0.295 e. The minimum Gasteiger partial charge on any atom is -0.507 e. The van der Waals surface area contributed by atoms with Crippen LogP contribution >= 0.6 is 0 Å². The summed E-state index contributed by atoms with van der Waals surface area (Å²) in [7, 11) is 3.16. The normalized spacial score (nSPS) is 17.1. The van der Waals surface area contributed by atoms with Crippen molar-refractivity contribution in [2.45, 2.75) is 12.5 Å². The first kappa shape index (κ1) is 23.2. The standard InChI is InChI=1S/C29H26N2O5/c1-35-20-12-13-23-22(16-20)19(17-30-23)14-15-31-26(21-10-6-7-11-24(21)36-2)25(28(33)29(31)34)27(32)18-8-4-3-5-9-18/h3-13,16-17,26,30,32H,14-15H2,1-2H3/t26-/m0/s1. The number of methoxy groups -OCH3 is 2. The molecular weight excluding hydrogens is 456 g/mol. The van der Waals surface area contributed by atoms with Gasteiger partial charge in [-0.1, -0.05) is 48.5 Å². The lowest BCUT2D eigenvalue weighted by atomic mass is 9.94. The van der Waals surface area contributed by atoms with Crippen LogP contribution in [0, 0.1) is 0 Å². The van der Waals surface area contributed by atoms with E-state index in [4.69, 9.17) is 9.47 Å². The van der Waals surface area contributed by atoms with Crippen molar-refractivity contribution < 1.29 is 24.2 Å². The van der Waals surface area contributed by atoms with Gasteiger partial charge in [-0.05, 0) is 36.2 Å². The van der Waals surface area contributed by atoms with Gasteiger partial charge in [0.05, 0.1) is 25.8 Å². The molecule has 0 spiro atoms. The molecule has 0 aliphatic carbocycles. The van der Waals surface area contributed by atoms with Gasteiger partial charge in [0, 0.05) is 34.8 Å². The molecule has 0 radical (unpaired) electrons. The van der Waals surface area contributed by atoms with Crippen molar-refractivity contribution in [3.8, 4) is 11.5 Å². The fraction of sp³-hybridized carbons (Fsp3) is 0.172. The van der Waals surface area contributed by atoms with E-state index in [2.05, 4.69) is 4.98 Å². The molecule has 5 rings (SSSR count). The summed E-state index contributed by atoms with van der Waals surface area (Å²) >= 11 is 0. The molecule has 2 N–H and O–H groups in total. The Morgan fingerprint density at radius 1 is 0.972 bits per heavy atom. The van der Waals surface area contributed by atoms with Crippen molar-refractivity contribution >= 4 is 28.4 Å². The van der Waals surface area contributed by atoms with Crippen LogP contribution in [0.5, 0.6) is 11.5 Å². The summed E-state index contributed by atoms with van der Waals surface area (Å²) in [4.78, 5) is 31.4. The number of benzene rings is 3. The molecule has 1 atom stereocenters. The van der Waals surface area contributed by atoms with Gasteiger partial charge in [0.15, 0.2) is 0 Å². The van der Waals surface area contributed by atoms with Crippen LogP contribution in [0.3, 0.4) is 0 Å². The van der Waals surface area contributed by atoms with Crippen LogP contribution in [-0.4, -0.2) is 47.4 Å². The fourth-order valence-corrected chi connectivity index (χ4v) is 4.81. The smallest absolute Gasteiger partial charge is 0.295 e. The highest BCUT2D eigenvalue weighted by Gasteiger charge is 2.46. The number of aliphatic hydroxyl groups is 1. The number of para-hydroxylation sites is 1. The van der Waals surface area contributed by atoms with Crippen molar-refractivity contribution in [1.82, 2.24) is 9.88 Å². The third-order valence-electron chi connectivity index (χ3n) is 6.62. The Kier molecular flexibility index (Phi) is 6.21. The Labute approximate surface area is 208 Å². The van der Waals surface area contributed by atoms with Crippen LogP contribution in [0.1, 0.15) is 22.7 Å². The van der Waals surface area contributed by atoms with E-state index in [9.17, 15) is 14.7 Å². The summed E-state index contributed by atoms with van der Waals surface area (Å²) in [5.41, 5.74) is 3.11. The predicted octanol–water partition coefficient (Wildman–Crippen LogP) is 4.85. The lowest BCUT2D eigenvalue weighted by Crippen LogP contribution is -2.31. The molecule has 0 unspecified atom stereocenters. The number of aliphatic hydroxyl groups excluding tert-OH is 1.